The number of nitrogens with zero attached hydrogens (tertiary/aromatic N) is 1. The van der Waals surface area contributed by atoms with Crippen LogP contribution in [-0.4, -0.2) is 29.9 Å². The van der Waals surface area contributed by atoms with Gasteiger partial charge in [-0.2, -0.15) is 0 Å². The van der Waals surface area contributed by atoms with Crippen LogP contribution in [0.2, 0.25) is 0 Å². The largest absolute Gasteiger partial charge is 0.341 e. The third-order valence-electron chi connectivity index (χ3n) is 3.77. The fourth-order valence-electron chi connectivity index (χ4n) is 2.75. The van der Waals surface area contributed by atoms with Crippen molar-refractivity contribution in [1.29, 1.82) is 0 Å². The van der Waals surface area contributed by atoms with Gasteiger partial charge in [-0.1, -0.05) is 33.1 Å². The highest BCUT2D eigenvalue weighted by molar-refractivity contribution is 5.81. The monoisotopic (exact) mass is 240 g/mol. The van der Waals surface area contributed by atoms with Crippen molar-refractivity contribution < 1.29 is 4.79 Å². The maximum absolute atomic E-state index is 12.1. The third-order valence-corrected chi connectivity index (χ3v) is 3.77. The second-order valence-corrected chi connectivity index (χ2v) is 5.31. The molecule has 2 N–H and O–H groups in total. The van der Waals surface area contributed by atoms with E-state index >= 15 is 0 Å². The van der Waals surface area contributed by atoms with Crippen molar-refractivity contribution in [2.24, 2.45) is 11.7 Å². The molecule has 1 fully saturated rings. The molecule has 1 aliphatic heterocycles. The van der Waals surface area contributed by atoms with E-state index in [2.05, 4.69) is 13.8 Å². The summed E-state index contributed by atoms with van der Waals surface area (Å²) < 4.78 is 0. The first-order valence-corrected chi connectivity index (χ1v) is 7.23. The van der Waals surface area contributed by atoms with Crippen molar-refractivity contribution in [1.82, 2.24) is 4.90 Å². The standard InChI is InChI=1S/C14H28N2O/c1-3-6-12-8-5-10-16(11-9-12)14(17)13(15)7-4-2/h12-13H,3-11,15H2,1-2H3/t12?,13-/m1/s1. The average Bonchev–Trinajstić information content (AvgIpc) is 2.54. The molecular formula is C14H28N2O. The number of carbonyl (C=O) groups is 1. The van der Waals surface area contributed by atoms with Gasteiger partial charge in [0.2, 0.25) is 5.91 Å². The Morgan fingerprint density at radius 2 is 2.06 bits per heavy atom. The van der Waals surface area contributed by atoms with Gasteiger partial charge in [-0.3, -0.25) is 4.79 Å². The molecule has 0 bridgehead atoms. The molecule has 17 heavy (non-hydrogen) atoms. The van der Waals surface area contributed by atoms with Crippen molar-refractivity contribution >= 4 is 5.91 Å². The van der Waals surface area contributed by atoms with E-state index in [1.807, 2.05) is 4.90 Å². The molecule has 1 saturated heterocycles. The van der Waals surface area contributed by atoms with Crippen molar-refractivity contribution in [2.45, 2.75) is 64.8 Å². The minimum atomic E-state index is -0.275. The Balaban J connectivity index is 2.42. The molecule has 2 atom stereocenters. The van der Waals surface area contributed by atoms with Gasteiger partial charge in [0.25, 0.3) is 0 Å². The van der Waals surface area contributed by atoms with E-state index in [0.717, 1.165) is 38.3 Å². The minimum Gasteiger partial charge on any atom is -0.341 e. The Morgan fingerprint density at radius 1 is 1.29 bits per heavy atom. The summed E-state index contributed by atoms with van der Waals surface area (Å²) in [5.74, 6) is 0.990. The molecular weight excluding hydrogens is 212 g/mol. The molecule has 0 spiro atoms. The summed E-state index contributed by atoms with van der Waals surface area (Å²) in [4.78, 5) is 14.1. The lowest BCUT2D eigenvalue weighted by Gasteiger charge is -2.24. The zero-order valence-electron chi connectivity index (χ0n) is 11.5. The summed E-state index contributed by atoms with van der Waals surface area (Å²) in [7, 11) is 0. The molecule has 0 aromatic rings. The smallest absolute Gasteiger partial charge is 0.239 e. The maximum atomic E-state index is 12.1. The van der Waals surface area contributed by atoms with Crippen LogP contribution in [0.1, 0.15) is 58.8 Å². The summed E-state index contributed by atoms with van der Waals surface area (Å²) >= 11 is 0. The van der Waals surface area contributed by atoms with Gasteiger partial charge in [0.15, 0.2) is 0 Å². The van der Waals surface area contributed by atoms with Crippen LogP contribution in [0.5, 0.6) is 0 Å². The molecule has 0 saturated carbocycles. The van der Waals surface area contributed by atoms with Gasteiger partial charge in [-0.05, 0) is 31.6 Å². The molecule has 0 aliphatic carbocycles. The second kappa shape index (κ2) is 7.70. The van der Waals surface area contributed by atoms with E-state index in [1.54, 1.807) is 0 Å². The zero-order valence-corrected chi connectivity index (χ0v) is 11.5. The Hall–Kier alpha value is -0.570. The Morgan fingerprint density at radius 3 is 2.71 bits per heavy atom. The lowest BCUT2D eigenvalue weighted by molar-refractivity contribution is -0.132. The van der Waals surface area contributed by atoms with E-state index in [-0.39, 0.29) is 11.9 Å². The average molecular weight is 240 g/mol. The van der Waals surface area contributed by atoms with Gasteiger partial charge < -0.3 is 10.6 Å². The highest BCUT2D eigenvalue weighted by Gasteiger charge is 2.23. The van der Waals surface area contributed by atoms with Gasteiger partial charge in [0.1, 0.15) is 0 Å². The van der Waals surface area contributed by atoms with Crippen molar-refractivity contribution in [3.8, 4) is 0 Å². The molecule has 3 nitrogen and oxygen atoms in total. The fourth-order valence-corrected chi connectivity index (χ4v) is 2.75. The SMILES string of the molecule is CCCC1CCCN(C(=O)[C@H](N)CCC)CC1. The molecule has 1 heterocycles. The van der Waals surface area contributed by atoms with Crippen LogP contribution in [0.15, 0.2) is 0 Å². The predicted octanol–water partition coefficient (Wildman–Crippen LogP) is 2.54. The highest BCUT2D eigenvalue weighted by Crippen LogP contribution is 2.22. The minimum absolute atomic E-state index is 0.170. The molecule has 0 aromatic carbocycles. The molecule has 1 amide bonds. The topological polar surface area (TPSA) is 46.3 Å². The van der Waals surface area contributed by atoms with E-state index in [1.165, 1.54) is 25.7 Å². The van der Waals surface area contributed by atoms with Crippen molar-refractivity contribution in [3.05, 3.63) is 0 Å². The Kier molecular flexibility index (Phi) is 6.56. The van der Waals surface area contributed by atoms with Crippen molar-refractivity contribution in [3.63, 3.8) is 0 Å². The summed E-state index contributed by atoms with van der Waals surface area (Å²) in [5.41, 5.74) is 5.91. The molecule has 0 radical (unpaired) electrons. The summed E-state index contributed by atoms with van der Waals surface area (Å²) in [6.07, 6.45) is 7.96. The highest BCUT2D eigenvalue weighted by atomic mass is 16.2. The summed E-state index contributed by atoms with van der Waals surface area (Å²) in [6, 6.07) is -0.275. The third kappa shape index (κ3) is 4.66. The number of amides is 1. The van der Waals surface area contributed by atoms with E-state index in [0.29, 0.717) is 0 Å². The molecule has 1 aliphatic rings. The normalized spacial score (nSPS) is 23.2. The van der Waals surface area contributed by atoms with Crippen molar-refractivity contribution in [2.75, 3.05) is 13.1 Å². The molecule has 100 valence electrons. The second-order valence-electron chi connectivity index (χ2n) is 5.31. The maximum Gasteiger partial charge on any atom is 0.239 e. The lowest BCUT2D eigenvalue weighted by Crippen LogP contribution is -2.44. The molecule has 0 aromatic heterocycles. The quantitative estimate of drug-likeness (QED) is 0.802. The van der Waals surface area contributed by atoms with Gasteiger partial charge in [-0.15, -0.1) is 0 Å². The summed E-state index contributed by atoms with van der Waals surface area (Å²) in [5, 5.41) is 0. The van der Waals surface area contributed by atoms with Gasteiger partial charge in [0, 0.05) is 13.1 Å². The number of hydrogen-bond donors (Lipinski definition) is 1. The van der Waals surface area contributed by atoms with Crippen LogP contribution in [0.4, 0.5) is 0 Å². The number of likely N-dealkylation sites (tertiary alicyclic amines) is 1. The number of nitrogens with two attached hydrogens (primary N) is 1. The van der Waals surface area contributed by atoms with Crippen LogP contribution in [-0.2, 0) is 4.79 Å². The van der Waals surface area contributed by atoms with Crippen LogP contribution in [0, 0.1) is 5.92 Å². The fraction of sp³-hybridized carbons (Fsp3) is 0.929. The first-order chi connectivity index (χ1) is 8.19. The molecule has 1 unspecified atom stereocenters. The van der Waals surface area contributed by atoms with Crippen LogP contribution in [0.25, 0.3) is 0 Å². The number of carbonyl (C=O) groups excluding carboxylic acids is 1. The lowest BCUT2D eigenvalue weighted by atomic mass is 9.96. The first-order valence-electron chi connectivity index (χ1n) is 7.23. The van der Waals surface area contributed by atoms with Crippen LogP contribution >= 0.6 is 0 Å². The Bertz CT molecular complexity index is 230. The van der Waals surface area contributed by atoms with Crippen LogP contribution < -0.4 is 5.73 Å². The van der Waals surface area contributed by atoms with Gasteiger partial charge >= 0.3 is 0 Å². The first kappa shape index (κ1) is 14.5. The van der Waals surface area contributed by atoms with E-state index < -0.39 is 0 Å². The van der Waals surface area contributed by atoms with Crippen LogP contribution in [0.3, 0.4) is 0 Å². The van der Waals surface area contributed by atoms with Gasteiger partial charge in [0.05, 0.1) is 6.04 Å². The van der Waals surface area contributed by atoms with E-state index in [9.17, 15) is 4.79 Å². The zero-order chi connectivity index (χ0) is 12.7. The summed E-state index contributed by atoms with van der Waals surface area (Å²) in [6.45, 7) is 6.15. The van der Waals surface area contributed by atoms with Gasteiger partial charge in [-0.25, -0.2) is 0 Å². The Labute approximate surface area is 106 Å². The molecule has 1 rings (SSSR count). The van der Waals surface area contributed by atoms with E-state index in [4.69, 9.17) is 5.73 Å². The number of hydrogen-bond acceptors (Lipinski definition) is 2. The molecule has 3 heteroatoms. The number of rotatable bonds is 5. The predicted molar refractivity (Wildman–Crippen MR) is 71.7 cm³/mol.